The van der Waals surface area contributed by atoms with Gasteiger partial charge in [-0.3, -0.25) is 4.79 Å². The molecule has 0 spiro atoms. The van der Waals surface area contributed by atoms with Gasteiger partial charge in [-0.1, -0.05) is 36.2 Å². The third kappa shape index (κ3) is 2.56. The summed E-state index contributed by atoms with van der Waals surface area (Å²) in [5, 5.41) is 0. The molecular weight excluding hydrogens is 298 g/mol. The molecule has 1 aliphatic heterocycles. The Bertz CT molecular complexity index is 692. The van der Waals surface area contributed by atoms with Crippen LogP contribution in [-0.2, 0) is 20.0 Å². The van der Waals surface area contributed by atoms with Gasteiger partial charge in [-0.05, 0) is 31.7 Å². The highest BCUT2D eigenvalue weighted by molar-refractivity contribution is 7.91. The summed E-state index contributed by atoms with van der Waals surface area (Å²) < 4.78 is 23.4. The Hall–Kier alpha value is -1.36. The molecule has 120 valence electrons. The van der Waals surface area contributed by atoms with E-state index < -0.39 is 15.3 Å². The Morgan fingerprint density at radius 1 is 1.32 bits per heavy atom. The minimum Gasteiger partial charge on any atom is -0.341 e. The van der Waals surface area contributed by atoms with Crippen LogP contribution in [0.2, 0.25) is 0 Å². The van der Waals surface area contributed by atoms with Crippen LogP contribution in [0.3, 0.4) is 0 Å². The molecule has 0 unspecified atom stereocenters. The molecule has 1 saturated heterocycles. The standard InChI is InChI=1S/C17H23NO3S/c1-13-5-3-6-14(11-13)17(8-4-9-17)16(19)18(2)15-7-10-22(20,21)12-15/h3,5-6,11,15H,4,7-10,12H2,1-2H3/t15-/m1/s1. The predicted octanol–water partition coefficient (Wildman–Crippen LogP) is 2.06. The summed E-state index contributed by atoms with van der Waals surface area (Å²) in [6.45, 7) is 2.04. The van der Waals surface area contributed by atoms with E-state index in [1.54, 1.807) is 11.9 Å². The largest absolute Gasteiger partial charge is 0.341 e. The maximum Gasteiger partial charge on any atom is 0.233 e. The second kappa shape index (κ2) is 5.37. The van der Waals surface area contributed by atoms with Crippen LogP contribution in [-0.4, -0.2) is 43.8 Å². The first-order chi connectivity index (χ1) is 10.3. The molecule has 0 aromatic heterocycles. The fraction of sp³-hybridized carbons (Fsp3) is 0.588. The monoisotopic (exact) mass is 321 g/mol. The Kier molecular flexibility index (Phi) is 3.79. The fourth-order valence-electron chi connectivity index (χ4n) is 3.68. The average Bonchev–Trinajstić information content (AvgIpc) is 2.77. The lowest BCUT2D eigenvalue weighted by Crippen LogP contribution is -2.53. The van der Waals surface area contributed by atoms with Crippen LogP contribution in [0.4, 0.5) is 0 Å². The molecular formula is C17H23NO3S. The molecule has 2 aliphatic rings. The van der Waals surface area contributed by atoms with Crippen molar-refractivity contribution in [3.8, 4) is 0 Å². The average molecular weight is 321 g/mol. The number of carbonyl (C=O) groups excluding carboxylic acids is 1. The van der Waals surface area contributed by atoms with E-state index in [-0.39, 0.29) is 23.5 Å². The molecule has 4 nitrogen and oxygen atoms in total. The van der Waals surface area contributed by atoms with Crippen LogP contribution < -0.4 is 0 Å². The number of benzene rings is 1. The van der Waals surface area contributed by atoms with E-state index in [2.05, 4.69) is 6.07 Å². The summed E-state index contributed by atoms with van der Waals surface area (Å²) in [7, 11) is -1.21. The van der Waals surface area contributed by atoms with Crippen molar-refractivity contribution in [2.24, 2.45) is 0 Å². The molecule has 22 heavy (non-hydrogen) atoms. The summed E-state index contributed by atoms with van der Waals surface area (Å²) in [5.41, 5.74) is 1.80. The zero-order valence-electron chi connectivity index (χ0n) is 13.2. The second-order valence-corrected chi connectivity index (χ2v) is 9.01. The maximum absolute atomic E-state index is 13.1. The van der Waals surface area contributed by atoms with Gasteiger partial charge >= 0.3 is 0 Å². The van der Waals surface area contributed by atoms with Gasteiger partial charge in [0.1, 0.15) is 0 Å². The van der Waals surface area contributed by atoms with Gasteiger partial charge in [0, 0.05) is 13.1 Å². The van der Waals surface area contributed by atoms with Gasteiger partial charge in [0.15, 0.2) is 9.84 Å². The number of carbonyl (C=O) groups is 1. The molecule has 0 N–H and O–H groups in total. The predicted molar refractivity (Wildman–Crippen MR) is 86.5 cm³/mol. The molecule has 1 aromatic rings. The minimum absolute atomic E-state index is 0.0893. The van der Waals surface area contributed by atoms with Gasteiger partial charge in [-0.2, -0.15) is 0 Å². The summed E-state index contributed by atoms with van der Waals surface area (Å²) in [6, 6.07) is 7.99. The fourth-order valence-corrected chi connectivity index (χ4v) is 5.46. The van der Waals surface area contributed by atoms with E-state index in [0.717, 1.165) is 30.4 Å². The molecule has 0 radical (unpaired) electrons. The van der Waals surface area contributed by atoms with Crippen molar-refractivity contribution < 1.29 is 13.2 Å². The Morgan fingerprint density at radius 2 is 2.05 bits per heavy atom. The van der Waals surface area contributed by atoms with Crippen LogP contribution in [0.1, 0.15) is 36.8 Å². The van der Waals surface area contributed by atoms with Gasteiger partial charge in [-0.25, -0.2) is 8.42 Å². The molecule has 3 rings (SSSR count). The summed E-state index contributed by atoms with van der Waals surface area (Å²) >= 11 is 0. The number of rotatable bonds is 3. The number of nitrogens with zero attached hydrogens (tertiary/aromatic N) is 1. The summed E-state index contributed by atoms with van der Waals surface area (Å²) in [4.78, 5) is 14.8. The van der Waals surface area contributed by atoms with Gasteiger partial charge in [0.05, 0.1) is 16.9 Å². The lowest BCUT2D eigenvalue weighted by molar-refractivity contribution is -0.141. The molecule has 2 fully saturated rings. The molecule has 1 aliphatic carbocycles. The molecule has 1 aromatic carbocycles. The van der Waals surface area contributed by atoms with Gasteiger partial charge in [-0.15, -0.1) is 0 Å². The highest BCUT2D eigenvalue weighted by Gasteiger charge is 2.48. The van der Waals surface area contributed by atoms with Crippen molar-refractivity contribution in [1.29, 1.82) is 0 Å². The van der Waals surface area contributed by atoms with Crippen molar-refractivity contribution in [1.82, 2.24) is 4.90 Å². The van der Waals surface area contributed by atoms with Crippen LogP contribution in [0.5, 0.6) is 0 Å². The van der Waals surface area contributed by atoms with Crippen molar-refractivity contribution >= 4 is 15.7 Å². The Labute approximate surface area is 132 Å². The summed E-state index contributed by atoms with van der Waals surface area (Å²) in [6.07, 6.45) is 3.34. The Morgan fingerprint density at radius 3 is 2.55 bits per heavy atom. The van der Waals surface area contributed by atoms with Crippen molar-refractivity contribution in [2.45, 2.75) is 44.1 Å². The third-order valence-electron chi connectivity index (χ3n) is 5.26. The van der Waals surface area contributed by atoms with Crippen LogP contribution in [0.15, 0.2) is 24.3 Å². The van der Waals surface area contributed by atoms with E-state index in [0.29, 0.717) is 6.42 Å². The number of hydrogen-bond donors (Lipinski definition) is 0. The number of sulfone groups is 1. The first-order valence-corrected chi connectivity index (χ1v) is 9.71. The minimum atomic E-state index is -2.97. The molecule has 1 atom stereocenters. The number of amides is 1. The third-order valence-corrected chi connectivity index (χ3v) is 7.01. The van der Waals surface area contributed by atoms with Gasteiger partial charge in [0.2, 0.25) is 5.91 Å². The van der Waals surface area contributed by atoms with E-state index in [9.17, 15) is 13.2 Å². The quantitative estimate of drug-likeness (QED) is 0.856. The number of likely N-dealkylation sites (N-methyl/N-ethyl adjacent to an activating group) is 1. The van der Waals surface area contributed by atoms with Crippen molar-refractivity contribution in [2.75, 3.05) is 18.6 Å². The first-order valence-electron chi connectivity index (χ1n) is 7.89. The van der Waals surface area contributed by atoms with Gasteiger partial charge < -0.3 is 4.90 Å². The number of hydrogen-bond acceptors (Lipinski definition) is 3. The first kappa shape index (κ1) is 15.5. The van der Waals surface area contributed by atoms with Crippen molar-refractivity contribution in [3.63, 3.8) is 0 Å². The van der Waals surface area contributed by atoms with Crippen LogP contribution >= 0.6 is 0 Å². The molecule has 0 bridgehead atoms. The zero-order chi connectivity index (χ0) is 16.0. The Balaban J connectivity index is 1.86. The van der Waals surface area contributed by atoms with Crippen molar-refractivity contribution in [3.05, 3.63) is 35.4 Å². The zero-order valence-corrected chi connectivity index (χ0v) is 14.0. The molecule has 1 saturated carbocycles. The molecule has 1 heterocycles. The normalized spacial score (nSPS) is 25.5. The van der Waals surface area contributed by atoms with E-state index in [1.807, 2.05) is 25.1 Å². The SMILES string of the molecule is Cc1cccc(C2(C(=O)N(C)[C@@H]3CCS(=O)(=O)C3)CCC2)c1. The van der Waals surface area contributed by atoms with Crippen LogP contribution in [0.25, 0.3) is 0 Å². The second-order valence-electron chi connectivity index (χ2n) is 6.78. The lowest BCUT2D eigenvalue weighted by Gasteiger charge is -2.44. The molecule has 1 amide bonds. The van der Waals surface area contributed by atoms with Crippen LogP contribution in [0, 0.1) is 6.92 Å². The highest BCUT2D eigenvalue weighted by atomic mass is 32.2. The van der Waals surface area contributed by atoms with E-state index in [4.69, 9.17) is 0 Å². The number of aryl methyl sites for hydroxylation is 1. The van der Waals surface area contributed by atoms with E-state index in [1.165, 1.54) is 0 Å². The topological polar surface area (TPSA) is 54.5 Å². The maximum atomic E-state index is 13.1. The lowest BCUT2D eigenvalue weighted by atomic mass is 9.63. The van der Waals surface area contributed by atoms with Gasteiger partial charge in [0.25, 0.3) is 0 Å². The highest BCUT2D eigenvalue weighted by Crippen LogP contribution is 2.45. The summed E-state index contributed by atoms with van der Waals surface area (Å²) in [5.74, 6) is 0.401. The molecule has 5 heteroatoms. The smallest absolute Gasteiger partial charge is 0.233 e. The van der Waals surface area contributed by atoms with E-state index >= 15 is 0 Å².